The summed E-state index contributed by atoms with van der Waals surface area (Å²) in [6, 6.07) is 1.14. The molecule has 0 aromatic rings. The maximum atomic E-state index is 11.5. The lowest BCUT2D eigenvalue weighted by atomic mass is 10.0. The van der Waals surface area contributed by atoms with Crippen molar-refractivity contribution in [2.24, 2.45) is 0 Å². The number of hydrogen-bond acceptors (Lipinski definition) is 3. The molecule has 2 aliphatic rings. The lowest BCUT2D eigenvalue weighted by molar-refractivity contribution is -0.123. The van der Waals surface area contributed by atoms with E-state index in [2.05, 4.69) is 23.6 Å². The van der Waals surface area contributed by atoms with Crippen molar-refractivity contribution in [1.82, 2.24) is 9.80 Å². The van der Waals surface area contributed by atoms with Crippen LogP contribution in [-0.2, 0) is 4.79 Å². The van der Waals surface area contributed by atoms with Crippen LogP contribution in [0.15, 0.2) is 0 Å². The summed E-state index contributed by atoms with van der Waals surface area (Å²) in [5, 5.41) is 0. The Balaban J connectivity index is 1.84. The second-order valence-corrected chi connectivity index (χ2v) is 5.10. The van der Waals surface area contributed by atoms with Crippen molar-refractivity contribution in [3.8, 4) is 0 Å². The van der Waals surface area contributed by atoms with E-state index in [0.29, 0.717) is 17.9 Å². The molecule has 0 amide bonds. The fourth-order valence-electron chi connectivity index (χ4n) is 3.22. The molecule has 3 heteroatoms. The van der Waals surface area contributed by atoms with E-state index in [-0.39, 0.29) is 0 Å². The van der Waals surface area contributed by atoms with Gasteiger partial charge in [0.05, 0.1) is 0 Å². The number of likely N-dealkylation sites (N-methyl/N-ethyl adjacent to an activating group) is 1. The summed E-state index contributed by atoms with van der Waals surface area (Å²) in [4.78, 5) is 16.5. The molecule has 2 aliphatic heterocycles. The molecule has 0 N–H and O–H groups in total. The van der Waals surface area contributed by atoms with Gasteiger partial charge >= 0.3 is 0 Å². The second-order valence-electron chi connectivity index (χ2n) is 5.10. The van der Waals surface area contributed by atoms with Crippen LogP contribution >= 0.6 is 0 Å². The van der Waals surface area contributed by atoms with Crippen LogP contribution in [0.25, 0.3) is 0 Å². The van der Waals surface area contributed by atoms with Gasteiger partial charge in [0.25, 0.3) is 0 Å². The Morgan fingerprint density at radius 1 is 1.19 bits per heavy atom. The van der Waals surface area contributed by atoms with E-state index in [1.807, 2.05) is 0 Å². The topological polar surface area (TPSA) is 23.6 Å². The molecular formula is C13H24N2O. The van der Waals surface area contributed by atoms with E-state index in [1.54, 1.807) is 0 Å². The van der Waals surface area contributed by atoms with Crippen molar-refractivity contribution in [3.63, 3.8) is 0 Å². The zero-order valence-corrected chi connectivity index (χ0v) is 10.6. The largest absolute Gasteiger partial charge is 0.303 e. The maximum Gasteiger partial charge on any atom is 0.136 e. The fourth-order valence-corrected chi connectivity index (χ4v) is 3.22. The van der Waals surface area contributed by atoms with Gasteiger partial charge < -0.3 is 4.90 Å². The predicted octanol–water partition coefficient (Wildman–Crippen LogP) is 1.52. The van der Waals surface area contributed by atoms with Gasteiger partial charge in [-0.05, 0) is 25.9 Å². The zero-order chi connectivity index (χ0) is 11.5. The SMILES string of the molecule is CCN(CC)CCN1C2CCC1CC(=O)C2. The summed E-state index contributed by atoms with van der Waals surface area (Å²) in [7, 11) is 0. The Bertz CT molecular complexity index is 234. The van der Waals surface area contributed by atoms with Gasteiger partial charge in [-0.3, -0.25) is 9.69 Å². The molecule has 2 fully saturated rings. The van der Waals surface area contributed by atoms with E-state index in [4.69, 9.17) is 0 Å². The predicted molar refractivity (Wildman–Crippen MR) is 65.5 cm³/mol. The van der Waals surface area contributed by atoms with E-state index in [9.17, 15) is 4.79 Å². The van der Waals surface area contributed by atoms with Gasteiger partial charge in [-0.25, -0.2) is 0 Å². The third kappa shape index (κ3) is 2.46. The highest BCUT2D eigenvalue weighted by Gasteiger charge is 2.39. The summed E-state index contributed by atoms with van der Waals surface area (Å²) in [6.07, 6.45) is 4.12. The Morgan fingerprint density at radius 3 is 2.25 bits per heavy atom. The standard InChI is InChI=1S/C13H24N2O/c1-3-14(4-2)7-8-15-11-5-6-12(15)10-13(16)9-11/h11-12H,3-10H2,1-2H3. The molecule has 2 rings (SSSR count). The highest BCUT2D eigenvalue weighted by molar-refractivity contribution is 5.80. The summed E-state index contributed by atoms with van der Waals surface area (Å²) >= 11 is 0. The third-order valence-electron chi connectivity index (χ3n) is 4.27. The summed E-state index contributed by atoms with van der Waals surface area (Å²) < 4.78 is 0. The Kier molecular flexibility index (Phi) is 3.98. The molecule has 0 aromatic carbocycles. The summed E-state index contributed by atoms with van der Waals surface area (Å²) in [5.74, 6) is 0.492. The Morgan fingerprint density at radius 2 is 1.75 bits per heavy atom. The highest BCUT2D eigenvalue weighted by atomic mass is 16.1. The van der Waals surface area contributed by atoms with Crippen LogP contribution in [0, 0.1) is 0 Å². The molecule has 2 heterocycles. The van der Waals surface area contributed by atoms with Gasteiger partial charge in [0.1, 0.15) is 5.78 Å². The van der Waals surface area contributed by atoms with Crippen LogP contribution in [0.1, 0.15) is 39.5 Å². The van der Waals surface area contributed by atoms with Crippen LogP contribution < -0.4 is 0 Å². The minimum atomic E-state index is 0.492. The first-order valence-corrected chi connectivity index (χ1v) is 6.74. The third-order valence-corrected chi connectivity index (χ3v) is 4.27. The van der Waals surface area contributed by atoms with Crippen LogP contribution in [-0.4, -0.2) is 53.8 Å². The smallest absolute Gasteiger partial charge is 0.136 e. The van der Waals surface area contributed by atoms with Crippen LogP contribution in [0.3, 0.4) is 0 Å². The molecule has 2 unspecified atom stereocenters. The van der Waals surface area contributed by atoms with Crippen molar-refractivity contribution in [2.75, 3.05) is 26.2 Å². The number of nitrogens with zero attached hydrogens (tertiary/aromatic N) is 2. The maximum absolute atomic E-state index is 11.5. The van der Waals surface area contributed by atoms with Crippen molar-refractivity contribution < 1.29 is 4.79 Å². The molecule has 0 radical (unpaired) electrons. The number of carbonyl (C=O) groups excluding carboxylic acids is 1. The lowest BCUT2D eigenvalue weighted by Gasteiger charge is -2.35. The Labute approximate surface area is 98.8 Å². The van der Waals surface area contributed by atoms with Crippen LogP contribution in [0.5, 0.6) is 0 Å². The number of ketones is 1. The van der Waals surface area contributed by atoms with Gasteiger partial charge in [0.2, 0.25) is 0 Å². The van der Waals surface area contributed by atoms with Crippen molar-refractivity contribution in [1.29, 1.82) is 0 Å². The van der Waals surface area contributed by atoms with E-state index in [1.165, 1.54) is 12.8 Å². The molecule has 16 heavy (non-hydrogen) atoms. The van der Waals surface area contributed by atoms with Gasteiger partial charge in [-0.1, -0.05) is 13.8 Å². The van der Waals surface area contributed by atoms with Gasteiger partial charge in [0.15, 0.2) is 0 Å². The number of hydrogen-bond donors (Lipinski definition) is 0. The average Bonchev–Trinajstić information content (AvgIpc) is 2.53. The second kappa shape index (κ2) is 5.28. The van der Waals surface area contributed by atoms with E-state index < -0.39 is 0 Å². The van der Waals surface area contributed by atoms with Crippen LogP contribution in [0.4, 0.5) is 0 Å². The monoisotopic (exact) mass is 224 g/mol. The van der Waals surface area contributed by atoms with Crippen LogP contribution in [0.2, 0.25) is 0 Å². The van der Waals surface area contributed by atoms with Gasteiger partial charge in [0, 0.05) is 38.0 Å². The normalized spacial score (nSPS) is 30.3. The minimum Gasteiger partial charge on any atom is -0.303 e. The minimum absolute atomic E-state index is 0.492. The number of fused-ring (bicyclic) bond motifs is 2. The number of piperidine rings is 1. The molecular weight excluding hydrogens is 200 g/mol. The van der Waals surface area contributed by atoms with Gasteiger partial charge in [-0.2, -0.15) is 0 Å². The summed E-state index contributed by atoms with van der Waals surface area (Å²) in [5.41, 5.74) is 0. The summed E-state index contributed by atoms with van der Waals surface area (Å²) in [6.45, 7) is 9.03. The van der Waals surface area contributed by atoms with Crippen molar-refractivity contribution in [3.05, 3.63) is 0 Å². The molecule has 2 atom stereocenters. The van der Waals surface area contributed by atoms with Gasteiger partial charge in [-0.15, -0.1) is 0 Å². The first-order valence-electron chi connectivity index (χ1n) is 6.74. The lowest BCUT2D eigenvalue weighted by Crippen LogP contribution is -2.46. The first kappa shape index (κ1) is 12.1. The molecule has 0 aliphatic carbocycles. The highest BCUT2D eigenvalue weighted by Crippen LogP contribution is 2.33. The molecule has 2 saturated heterocycles. The zero-order valence-electron chi connectivity index (χ0n) is 10.6. The quantitative estimate of drug-likeness (QED) is 0.707. The molecule has 2 bridgehead atoms. The molecule has 0 saturated carbocycles. The molecule has 92 valence electrons. The first-order chi connectivity index (χ1) is 7.74. The molecule has 0 aromatic heterocycles. The average molecular weight is 224 g/mol. The molecule has 0 spiro atoms. The van der Waals surface area contributed by atoms with Crippen molar-refractivity contribution in [2.45, 2.75) is 51.6 Å². The van der Waals surface area contributed by atoms with E-state index >= 15 is 0 Å². The molecule has 3 nitrogen and oxygen atoms in total. The number of Topliss-reactive ketones (excluding diaryl/α,β-unsaturated/α-hetero) is 1. The number of carbonyl (C=O) groups is 1. The Hall–Kier alpha value is -0.410. The fraction of sp³-hybridized carbons (Fsp3) is 0.923. The van der Waals surface area contributed by atoms with E-state index in [0.717, 1.165) is 39.0 Å². The number of rotatable bonds is 5. The van der Waals surface area contributed by atoms with Crippen molar-refractivity contribution >= 4 is 5.78 Å².